The van der Waals surface area contributed by atoms with Crippen LogP contribution in [0.5, 0.6) is 0 Å². The van der Waals surface area contributed by atoms with E-state index in [0.29, 0.717) is 17.4 Å². The minimum Gasteiger partial charge on any atom is -0.456 e. The molecule has 0 bridgehead atoms. The summed E-state index contributed by atoms with van der Waals surface area (Å²) in [5, 5.41) is 3.06. The summed E-state index contributed by atoms with van der Waals surface area (Å²) in [6, 6.07) is -0.863. The molecule has 0 saturated carbocycles. The number of esters is 1. The van der Waals surface area contributed by atoms with Crippen LogP contribution in [0.25, 0.3) is 0 Å². The number of unbranched alkanes of at least 4 members (excludes halogenated alkanes) is 30. The van der Waals surface area contributed by atoms with Crippen molar-refractivity contribution in [2.24, 2.45) is 0 Å². The van der Waals surface area contributed by atoms with Gasteiger partial charge in [0, 0.05) is 12.8 Å². The van der Waals surface area contributed by atoms with E-state index in [1.807, 2.05) is 33.3 Å². The van der Waals surface area contributed by atoms with E-state index < -0.39 is 20.0 Å². The van der Waals surface area contributed by atoms with Crippen LogP contribution >= 0.6 is 7.82 Å². The molecule has 10 heteroatoms. The zero-order valence-corrected chi connectivity index (χ0v) is 56.3. The Kier molecular flexibility index (Phi) is 60.2. The van der Waals surface area contributed by atoms with Crippen molar-refractivity contribution >= 4 is 19.7 Å². The third-order valence-electron chi connectivity index (χ3n) is 14.9. The Morgan fingerprint density at radius 2 is 0.762 bits per heavy atom. The lowest BCUT2D eigenvalue weighted by atomic mass is 10.0. The molecule has 0 aliphatic rings. The van der Waals surface area contributed by atoms with E-state index in [0.717, 1.165) is 116 Å². The Hall–Kier alpha value is -3.33. The molecule has 3 unspecified atom stereocenters. The van der Waals surface area contributed by atoms with Crippen LogP contribution in [0.1, 0.15) is 297 Å². The Morgan fingerprint density at radius 3 is 1.17 bits per heavy atom. The Bertz CT molecular complexity index is 1810. The smallest absolute Gasteiger partial charge is 0.456 e. The summed E-state index contributed by atoms with van der Waals surface area (Å²) >= 11 is 0. The number of carbonyl (C=O) groups is 2. The van der Waals surface area contributed by atoms with Crippen molar-refractivity contribution < 1.29 is 37.3 Å². The fourth-order valence-electron chi connectivity index (χ4n) is 9.62. The number of ether oxygens (including phenoxy) is 1. The van der Waals surface area contributed by atoms with Gasteiger partial charge in [-0.05, 0) is 115 Å². The number of allylic oxidation sites excluding steroid dienone is 17. The van der Waals surface area contributed by atoms with Gasteiger partial charge in [-0.2, -0.15) is 0 Å². The molecule has 0 heterocycles. The second-order valence-corrected chi connectivity index (χ2v) is 25.8. The fraction of sp³-hybridized carbons (Fsp3) is 0.730. The van der Waals surface area contributed by atoms with Gasteiger partial charge in [-0.15, -0.1) is 0 Å². The molecule has 2 N–H and O–H groups in total. The molecule has 0 saturated heterocycles. The normalized spacial score (nSPS) is 14.2. The number of hydrogen-bond donors (Lipinski definition) is 2. The molecule has 1 amide bonds. The van der Waals surface area contributed by atoms with Gasteiger partial charge in [0.05, 0.1) is 33.8 Å². The van der Waals surface area contributed by atoms with Crippen LogP contribution < -0.4 is 5.32 Å². The maximum Gasteiger partial charge on any atom is 0.472 e. The fourth-order valence-corrected chi connectivity index (χ4v) is 10.4. The third-order valence-corrected chi connectivity index (χ3v) is 15.9. The highest BCUT2D eigenvalue weighted by molar-refractivity contribution is 7.47. The lowest BCUT2D eigenvalue weighted by molar-refractivity contribution is -0.870. The van der Waals surface area contributed by atoms with Gasteiger partial charge in [0.1, 0.15) is 19.3 Å². The molecular weight excluding hydrogens is 1060 g/mol. The number of carbonyl (C=O) groups excluding carboxylic acids is 2. The molecule has 84 heavy (non-hydrogen) atoms. The molecule has 3 atom stereocenters. The molecule has 484 valence electrons. The Balaban J connectivity index is 5.11. The van der Waals surface area contributed by atoms with Crippen LogP contribution in [0.2, 0.25) is 0 Å². The van der Waals surface area contributed by atoms with Crippen LogP contribution in [0.4, 0.5) is 0 Å². The second-order valence-electron chi connectivity index (χ2n) is 24.3. The number of likely N-dealkylation sites (N-methyl/N-ethyl adjacent to an activating group) is 1. The molecule has 0 rings (SSSR count). The molecule has 9 nitrogen and oxygen atoms in total. The van der Waals surface area contributed by atoms with Crippen molar-refractivity contribution in [1.29, 1.82) is 0 Å². The summed E-state index contributed by atoms with van der Waals surface area (Å²) in [4.78, 5) is 37.9. The van der Waals surface area contributed by atoms with Gasteiger partial charge in [0.25, 0.3) is 0 Å². The first kappa shape index (κ1) is 80.7. The number of phosphoric acid groups is 1. The molecule has 0 aromatic heterocycles. The molecular formula is C74H132N2O7P+. The summed E-state index contributed by atoms with van der Waals surface area (Å²) in [7, 11) is 1.48. The summed E-state index contributed by atoms with van der Waals surface area (Å²) in [5.74, 6) is -0.523. The topological polar surface area (TPSA) is 111 Å². The molecule has 0 aliphatic carbocycles. The number of nitrogens with zero attached hydrogens (tertiary/aromatic N) is 1. The van der Waals surface area contributed by atoms with E-state index in [1.54, 1.807) is 0 Å². The zero-order valence-electron chi connectivity index (χ0n) is 55.4. The van der Waals surface area contributed by atoms with Crippen molar-refractivity contribution in [2.45, 2.75) is 309 Å². The van der Waals surface area contributed by atoms with E-state index in [4.69, 9.17) is 13.8 Å². The van der Waals surface area contributed by atoms with E-state index in [1.165, 1.54) is 148 Å². The third kappa shape index (κ3) is 63.2. The average molecular weight is 1190 g/mol. The summed E-state index contributed by atoms with van der Waals surface area (Å²) < 4.78 is 30.8. The van der Waals surface area contributed by atoms with E-state index >= 15 is 0 Å². The van der Waals surface area contributed by atoms with Gasteiger partial charge in [-0.25, -0.2) is 4.57 Å². The number of quaternary nitrogens is 1. The predicted octanol–water partition coefficient (Wildman–Crippen LogP) is 22.1. The van der Waals surface area contributed by atoms with Gasteiger partial charge >= 0.3 is 13.8 Å². The van der Waals surface area contributed by atoms with Crippen molar-refractivity contribution in [3.63, 3.8) is 0 Å². The standard InChI is InChI=1S/C74H131N2O7P/c1-7-10-13-16-19-22-25-28-30-32-34-35-36-37-38-39-40-41-43-45-47-49-52-55-58-61-64-67-74(78)83-72(65-62-59-56-53-50-27-24-21-18-15-12-9-3)71(70-82-84(79,80)81-69-68-76(4,5)6)75-73(77)66-63-60-57-54-51-48-46-44-42-33-31-29-26-23-20-17-14-11-8-2/h10,13,19-20,22-23,28-31,34-35,37-38,42,44,62,65,71-72H,7-9,11-12,14-18,21,24-27,32-33,36,39-41,43,45-61,63-64,66-70H2,1-6H3,(H-,75,77,79,80)/p+1/b13-10-,22-19-,23-20-,30-28-,31-29-,35-34-,38-37-,44-42-,65-62-. The van der Waals surface area contributed by atoms with Gasteiger partial charge in [0.2, 0.25) is 5.91 Å². The maximum absolute atomic E-state index is 13.6. The quantitative estimate of drug-likeness (QED) is 0.0205. The Morgan fingerprint density at radius 1 is 0.429 bits per heavy atom. The molecule has 0 spiro atoms. The maximum atomic E-state index is 13.6. The van der Waals surface area contributed by atoms with Gasteiger partial charge in [-0.3, -0.25) is 18.6 Å². The van der Waals surface area contributed by atoms with Crippen molar-refractivity contribution in [1.82, 2.24) is 5.32 Å². The number of amides is 1. The average Bonchev–Trinajstić information content (AvgIpc) is 3.65. The SMILES string of the molecule is CC/C=C\C/C=C\C/C=C\C/C=C\C/C=C\CCCCCCCCCCCCCC(=O)OC(/C=C\CCCCCCCCCCCC)C(COP(=O)(O)OCC[N+](C)(C)C)NC(=O)CCCCCCCC/C=C\C/C=C\C/C=C\CCCCC. The van der Waals surface area contributed by atoms with E-state index in [9.17, 15) is 19.0 Å². The zero-order chi connectivity index (χ0) is 61.4. The van der Waals surface area contributed by atoms with Gasteiger partial charge < -0.3 is 19.4 Å². The summed E-state index contributed by atoms with van der Waals surface area (Å²) in [6.07, 6.45) is 86.6. The molecule has 0 aromatic carbocycles. The first-order valence-electron chi connectivity index (χ1n) is 34.7. The first-order chi connectivity index (χ1) is 40.9. The van der Waals surface area contributed by atoms with Crippen molar-refractivity contribution in [2.75, 3.05) is 40.9 Å². The summed E-state index contributed by atoms with van der Waals surface area (Å²) in [5.41, 5.74) is 0. The minimum atomic E-state index is -4.46. The number of rotatable bonds is 62. The number of nitrogens with one attached hydrogen (secondary N) is 1. The molecule has 0 aliphatic heterocycles. The molecule has 0 aromatic rings. The van der Waals surface area contributed by atoms with Crippen LogP contribution in [0, 0.1) is 0 Å². The predicted molar refractivity (Wildman–Crippen MR) is 364 cm³/mol. The highest BCUT2D eigenvalue weighted by Crippen LogP contribution is 2.43. The number of phosphoric ester groups is 1. The van der Waals surface area contributed by atoms with Crippen LogP contribution in [-0.2, 0) is 27.9 Å². The van der Waals surface area contributed by atoms with Crippen LogP contribution in [0.3, 0.4) is 0 Å². The van der Waals surface area contributed by atoms with Gasteiger partial charge in [-0.1, -0.05) is 278 Å². The van der Waals surface area contributed by atoms with E-state index in [2.05, 4.69) is 123 Å². The highest BCUT2D eigenvalue weighted by atomic mass is 31.2. The largest absolute Gasteiger partial charge is 0.472 e. The number of hydrogen-bond acceptors (Lipinski definition) is 6. The van der Waals surface area contributed by atoms with Crippen molar-refractivity contribution in [3.05, 3.63) is 109 Å². The molecule has 0 radical (unpaired) electrons. The highest BCUT2D eigenvalue weighted by Gasteiger charge is 2.30. The van der Waals surface area contributed by atoms with Crippen LogP contribution in [-0.4, -0.2) is 74.3 Å². The first-order valence-corrected chi connectivity index (χ1v) is 36.2. The second kappa shape index (κ2) is 62.7. The minimum absolute atomic E-state index is 0.0326. The van der Waals surface area contributed by atoms with Crippen LogP contribution in [0.15, 0.2) is 109 Å². The monoisotopic (exact) mass is 1190 g/mol. The molecule has 0 fully saturated rings. The summed E-state index contributed by atoms with van der Waals surface area (Å²) in [6.45, 7) is 6.87. The van der Waals surface area contributed by atoms with E-state index in [-0.39, 0.29) is 31.5 Å². The van der Waals surface area contributed by atoms with Gasteiger partial charge in [0.15, 0.2) is 0 Å². The van der Waals surface area contributed by atoms with Crippen molar-refractivity contribution in [3.8, 4) is 0 Å². The lowest BCUT2D eigenvalue weighted by Gasteiger charge is -2.27. The lowest BCUT2D eigenvalue weighted by Crippen LogP contribution is -2.47. The Labute approximate surface area is 519 Å².